The minimum absolute atomic E-state index is 0.000842. The van der Waals surface area contributed by atoms with Crippen molar-refractivity contribution < 1.29 is 4.92 Å². The fourth-order valence-corrected chi connectivity index (χ4v) is 3.38. The van der Waals surface area contributed by atoms with Gasteiger partial charge in [0.25, 0.3) is 5.69 Å². The topological polar surface area (TPSA) is 49.6 Å². The summed E-state index contributed by atoms with van der Waals surface area (Å²) in [7, 11) is 0. The van der Waals surface area contributed by atoms with E-state index in [2.05, 4.69) is 17.0 Å². The van der Waals surface area contributed by atoms with E-state index in [-0.39, 0.29) is 10.7 Å². The van der Waals surface area contributed by atoms with Crippen LogP contribution >= 0.6 is 23.2 Å². The fourth-order valence-electron chi connectivity index (χ4n) is 2.95. The Morgan fingerprint density at radius 3 is 2.29 bits per heavy atom. The summed E-state index contributed by atoms with van der Waals surface area (Å²) in [6.45, 7) is 3.85. The Kier molecular flexibility index (Phi) is 5.23. The number of benzene rings is 2. The van der Waals surface area contributed by atoms with E-state index < -0.39 is 4.92 Å². The Morgan fingerprint density at radius 2 is 1.67 bits per heavy atom. The number of nitro groups is 1. The first kappa shape index (κ1) is 17.0. The maximum absolute atomic E-state index is 11.3. The number of piperazine rings is 1. The lowest BCUT2D eigenvalue weighted by molar-refractivity contribution is -0.384. The first-order valence-electron chi connectivity index (χ1n) is 7.70. The van der Waals surface area contributed by atoms with Crippen LogP contribution in [0.3, 0.4) is 0 Å². The molecule has 1 aliphatic heterocycles. The second-order valence-corrected chi connectivity index (χ2v) is 6.52. The highest BCUT2D eigenvalue weighted by Gasteiger charge is 2.27. The molecule has 0 atom stereocenters. The van der Waals surface area contributed by atoms with Crippen molar-refractivity contribution in [3.8, 4) is 0 Å². The molecule has 7 heteroatoms. The maximum Gasteiger partial charge on any atom is 0.294 e. The average molecular weight is 366 g/mol. The molecule has 0 unspecified atom stereocenters. The zero-order chi connectivity index (χ0) is 17.1. The molecular weight excluding hydrogens is 349 g/mol. The molecule has 0 amide bonds. The largest absolute Gasteiger partial charge is 0.362 e. The van der Waals surface area contributed by atoms with Gasteiger partial charge in [-0.05, 0) is 11.6 Å². The first-order valence-corrected chi connectivity index (χ1v) is 8.45. The van der Waals surface area contributed by atoms with Crippen molar-refractivity contribution in [2.24, 2.45) is 0 Å². The molecule has 1 saturated heterocycles. The number of nitro benzene ring substituents is 1. The summed E-state index contributed by atoms with van der Waals surface area (Å²) in [6, 6.07) is 13.1. The summed E-state index contributed by atoms with van der Waals surface area (Å²) in [5.74, 6) is 0. The summed E-state index contributed by atoms with van der Waals surface area (Å²) in [5.41, 5.74) is 1.69. The Morgan fingerprint density at radius 1 is 1.00 bits per heavy atom. The van der Waals surface area contributed by atoms with Gasteiger partial charge in [-0.25, -0.2) is 0 Å². The van der Waals surface area contributed by atoms with E-state index in [1.54, 1.807) is 0 Å². The number of hydrogen-bond donors (Lipinski definition) is 0. The van der Waals surface area contributed by atoms with Crippen LogP contribution in [0, 0.1) is 10.1 Å². The van der Waals surface area contributed by atoms with E-state index >= 15 is 0 Å². The van der Waals surface area contributed by atoms with Crippen molar-refractivity contribution in [2.45, 2.75) is 6.54 Å². The third-order valence-electron chi connectivity index (χ3n) is 4.18. The molecule has 126 valence electrons. The van der Waals surface area contributed by atoms with Gasteiger partial charge in [-0.3, -0.25) is 15.0 Å². The SMILES string of the molecule is O=[N+]([O-])c1ccc(Cl)c(Cl)c1N1CCN(Cc2ccccc2)CC1. The summed E-state index contributed by atoms with van der Waals surface area (Å²) >= 11 is 12.3. The van der Waals surface area contributed by atoms with Crippen LogP contribution in [0.2, 0.25) is 10.0 Å². The van der Waals surface area contributed by atoms with E-state index in [1.165, 1.54) is 17.7 Å². The number of anilines is 1. The third kappa shape index (κ3) is 3.64. The van der Waals surface area contributed by atoms with Crippen LogP contribution in [-0.4, -0.2) is 36.0 Å². The van der Waals surface area contributed by atoms with Crippen molar-refractivity contribution in [1.29, 1.82) is 0 Å². The van der Waals surface area contributed by atoms with Gasteiger partial charge in [-0.15, -0.1) is 0 Å². The van der Waals surface area contributed by atoms with Gasteiger partial charge >= 0.3 is 0 Å². The lowest BCUT2D eigenvalue weighted by Crippen LogP contribution is -2.46. The van der Waals surface area contributed by atoms with E-state index in [1.807, 2.05) is 23.1 Å². The van der Waals surface area contributed by atoms with Crippen molar-refractivity contribution in [3.05, 3.63) is 68.2 Å². The predicted octanol–water partition coefficient (Wildman–Crippen LogP) is 4.22. The van der Waals surface area contributed by atoms with Gasteiger partial charge < -0.3 is 4.90 Å². The highest BCUT2D eigenvalue weighted by Crippen LogP contribution is 2.40. The van der Waals surface area contributed by atoms with Gasteiger partial charge in [-0.2, -0.15) is 0 Å². The van der Waals surface area contributed by atoms with Crippen molar-refractivity contribution >= 4 is 34.6 Å². The average Bonchev–Trinajstić information content (AvgIpc) is 2.59. The smallest absolute Gasteiger partial charge is 0.294 e. The molecule has 1 heterocycles. The second kappa shape index (κ2) is 7.38. The van der Waals surface area contributed by atoms with Crippen molar-refractivity contribution in [3.63, 3.8) is 0 Å². The molecule has 0 saturated carbocycles. The molecule has 0 aromatic heterocycles. The molecule has 0 spiro atoms. The number of nitrogens with zero attached hydrogens (tertiary/aromatic N) is 3. The van der Waals surface area contributed by atoms with Crippen LogP contribution in [0.5, 0.6) is 0 Å². The molecule has 0 N–H and O–H groups in total. The third-order valence-corrected chi connectivity index (χ3v) is 4.98. The molecule has 0 aliphatic carbocycles. The normalized spacial score (nSPS) is 15.5. The fraction of sp³-hybridized carbons (Fsp3) is 0.294. The van der Waals surface area contributed by atoms with E-state index in [9.17, 15) is 10.1 Å². The Labute approximate surface area is 150 Å². The van der Waals surface area contributed by atoms with Crippen LogP contribution in [0.15, 0.2) is 42.5 Å². The summed E-state index contributed by atoms with van der Waals surface area (Å²) in [5, 5.41) is 11.9. The Balaban J connectivity index is 1.73. The molecule has 0 bridgehead atoms. The summed E-state index contributed by atoms with van der Waals surface area (Å²) in [6.07, 6.45) is 0. The summed E-state index contributed by atoms with van der Waals surface area (Å²) in [4.78, 5) is 15.2. The van der Waals surface area contributed by atoms with Crippen LogP contribution in [-0.2, 0) is 6.54 Å². The lowest BCUT2D eigenvalue weighted by Gasteiger charge is -2.36. The number of rotatable bonds is 4. The first-order chi connectivity index (χ1) is 11.6. The molecule has 5 nitrogen and oxygen atoms in total. The van der Waals surface area contributed by atoms with Gasteiger partial charge in [0, 0.05) is 38.8 Å². The van der Waals surface area contributed by atoms with Crippen LogP contribution < -0.4 is 4.90 Å². The molecular formula is C17H17Cl2N3O2. The predicted molar refractivity (Wildman–Crippen MR) is 97.0 cm³/mol. The highest BCUT2D eigenvalue weighted by atomic mass is 35.5. The molecule has 2 aromatic rings. The quantitative estimate of drug-likeness (QED) is 0.600. The van der Waals surface area contributed by atoms with Gasteiger partial charge in [0.2, 0.25) is 0 Å². The molecule has 2 aromatic carbocycles. The maximum atomic E-state index is 11.3. The molecule has 0 radical (unpaired) electrons. The Bertz CT molecular complexity index is 732. The molecule has 1 aliphatic rings. The zero-order valence-corrected chi connectivity index (χ0v) is 14.5. The molecule has 3 rings (SSSR count). The standard InChI is InChI=1S/C17H17Cl2N3O2/c18-14-6-7-15(22(23)24)17(16(14)19)21-10-8-20(9-11-21)12-13-4-2-1-3-5-13/h1-7H,8-12H2. The van der Waals surface area contributed by atoms with Gasteiger partial charge in [0.1, 0.15) is 5.69 Å². The minimum atomic E-state index is -0.409. The monoisotopic (exact) mass is 365 g/mol. The highest BCUT2D eigenvalue weighted by molar-refractivity contribution is 6.44. The number of halogens is 2. The van der Waals surface area contributed by atoms with Gasteiger partial charge in [0.15, 0.2) is 0 Å². The van der Waals surface area contributed by atoms with Crippen LogP contribution in [0.1, 0.15) is 5.56 Å². The van der Waals surface area contributed by atoms with Gasteiger partial charge in [-0.1, -0.05) is 53.5 Å². The van der Waals surface area contributed by atoms with E-state index in [4.69, 9.17) is 23.2 Å². The zero-order valence-electron chi connectivity index (χ0n) is 13.0. The van der Waals surface area contributed by atoms with Crippen LogP contribution in [0.4, 0.5) is 11.4 Å². The lowest BCUT2D eigenvalue weighted by atomic mass is 10.1. The second-order valence-electron chi connectivity index (χ2n) is 5.74. The minimum Gasteiger partial charge on any atom is -0.362 e. The molecule has 24 heavy (non-hydrogen) atoms. The van der Waals surface area contributed by atoms with Crippen molar-refractivity contribution in [1.82, 2.24) is 4.90 Å². The molecule has 1 fully saturated rings. The van der Waals surface area contributed by atoms with E-state index in [0.717, 1.165) is 19.6 Å². The van der Waals surface area contributed by atoms with Gasteiger partial charge in [0.05, 0.1) is 15.0 Å². The van der Waals surface area contributed by atoms with Crippen LogP contribution in [0.25, 0.3) is 0 Å². The summed E-state index contributed by atoms with van der Waals surface area (Å²) < 4.78 is 0. The van der Waals surface area contributed by atoms with E-state index in [0.29, 0.717) is 23.8 Å². The van der Waals surface area contributed by atoms with Crippen molar-refractivity contribution in [2.75, 3.05) is 31.1 Å². The Hall–Kier alpha value is -1.82. The number of hydrogen-bond acceptors (Lipinski definition) is 4.